The number of benzene rings is 1. The third-order valence-corrected chi connectivity index (χ3v) is 2.44. The van der Waals surface area contributed by atoms with E-state index in [-0.39, 0.29) is 18.4 Å². The minimum Gasteiger partial charge on any atom is -0.469 e. The minimum atomic E-state index is -4.83. The van der Waals surface area contributed by atoms with Gasteiger partial charge in [-0.2, -0.15) is 22.0 Å². The number of carbonyl (C=O) groups is 1. The van der Waals surface area contributed by atoms with Crippen LogP contribution in [0.2, 0.25) is 0 Å². The second-order valence-corrected chi connectivity index (χ2v) is 3.75. The van der Waals surface area contributed by atoms with Crippen LogP contribution < -0.4 is 4.74 Å². The Morgan fingerprint density at radius 1 is 1.30 bits per heavy atom. The van der Waals surface area contributed by atoms with Crippen molar-refractivity contribution in [1.29, 1.82) is 0 Å². The van der Waals surface area contributed by atoms with E-state index in [0.29, 0.717) is 6.07 Å². The van der Waals surface area contributed by atoms with Gasteiger partial charge in [-0.05, 0) is 18.1 Å². The lowest BCUT2D eigenvalue weighted by atomic mass is 10.0. The van der Waals surface area contributed by atoms with Gasteiger partial charge in [0.05, 0.1) is 12.7 Å². The monoisotopic (exact) mass is 298 g/mol. The molecule has 0 heterocycles. The van der Waals surface area contributed by atoms with Crippen LogP contribution in [0.15, 0.2) is 18.2 Å². The summed E-state index contributed by atoms with van der Waals surface area (Å²) in [4.78, 5) is 11.0. The van der Waals surface area contributed by atoms with E-state index in [1.165, 1.54) is 6.07 Å². The zero-order valence-corrected chi connectivity index (χ0v) is 10.3. The van der Waals surface area contributed by atoms with Crippen molar-refractivity contribution < 1.29 is 36.2 Å². The number of esters is 1. The molecule has 1 rings (SSSR count). The van der Waals surface area contributed by atoms with E-state index in [9.17, 15) is 26.7 Å². The fourth-order valence-electron chi connectivity index (χ4n) is 1.57. The Balaban J connectivity index is 3.12. The summed E-state index contributed by atoms with van der Waals surface area (Å²) in [5.41, 5.74) is -1.44. The number of halogens is 5. The van der Waals surface area contributed by atoms with Crippen molar-refractivity contribution in [3.63, 3.8) is 0 Å². The molecule has 0 aliphatic rings. The molecule has 0 aliphatic heterocycles. The molecule has 0 bridgehead atoms. The van der Waals surface area contributed by atoms with E-state index in [2.05, 4.69) is 9.47 Å². The Labute approximate surface area is 111 Å². The number of methoxy groups -OCH3 is 1. The van der Waals surface area contributed by atoms with Crippen LogP contribution in [0.5, 0.6) is 5.75 Å². The fourth-order valence-corrected chi connectivity index (χ4v) is 1.57. The summed E-state index contributed by atoms with van der Waals surface area (Å²) in [5, 5.41) is 0. The maximum Gasteiger partial charge on any atom is 0.419 e. The molecule has 8 heteroatoms. The first-order valence-corrected chi connectivity index (χ1v) is 5.46. The van der Waals surface area contributed by atoms with Gasteiger partial charge < -0.3 is 9.47 Å². The van der Waals surface area contributed by atoms with Crippen molar-refractivity contribution in [3.05, 3.63) is 29.3 Å². The van der Waals surface area contributed by atoms with Gasteiger partial charge in [0.1, 0.15) is 5.75 Å². The lowest BCUT2D eigenvalue weighted by molar-refractivity contribution is -0.142. The highest BCUT2D eigenvalue weighted by Gasteiger charge is 2.36. The largest absolute Gasteiger partial charge is 0.469 e. The molecule has 0 N–H and O–H groups in total. The van der Waals surface area contributed by atoms with Crippen LogP contribution in [0.1, 0.15) is 17.5 Å². The summed E-state index contributed by atoms with van der Waals surface area (Å²) < 4.78 is 71.0. The lowest BCUT2D eigenvalue weighted by Crippen LogP contribution is -2.14. The van der Waals surface area contributed by atoms with Gasteiger partial charge in [-0.1, -0.05) is 12.1 Å². The molecule has 1 aromatic rings. The third kappa shape index (κ3) is 4.36. The van der Waals surface area contributed by atoms with Crippen LogP contribution in [0, 0.1) is 0 Å². The topological polar surface area (TPSA) is 35.5 Å². The second kappa shape index (κ2) is 6.53. The predicted molar refractivity (Wildman–Crippen MR) is 58.4 cm³/mol. The van der Waals surface area contributed by atoms with Crippen LogP contribution >= 0.6 is 0 Å². The number of carbonyl (C=O) groups excluding carboxylic acids is 1. The first-order chi connectivity index (χ1) is 9.25. The second-order valence-electron chi connectivity index (χ2n) is 3.75. The summed E-state index contributed by atoms with van der Waals surface area (Å²) in [6.07, 6.45) is -5.26. The maximum atomic E-state index is 12.7. The van der Waals surface area contributed by atoms with Gasteiger partial charge in [0.15, 0.2) is 0 Å². The number of para-hydroxylation sites is 1. The normalized spacial score (nSPS) is 11.6. The Bertz CT molecular complexity index is 471. The molecule has 0 saturated carbocycles. The molecule has 0 spiro atoms. The number of hydrogen-bond donors (Lipinski definition) is 0. The zero-order valence-electron chi connectivity index (χ0n) is 10.3. The van der Waals surface area contributed by atoms with Crippen molar-refractivity contribution in [2.75, 3.05) is 7.11 Å². The highest BCUT2D eigenvalue weighted by atomic mass is 19.4. The van der Waals surface area contributed by atoms with Crippen molar-refractivity contribution >= 4 is 5.97 Å². The molecule has 0 atom stereocenters. The highest BCUT2D eigenvalue weighted by Crippen LogP contribution is 2.39. The van der Waals surface area contributed by atoms with Crippen LogP contribution in [0.25, 0.3) is 0 Å². The average molecular weight is 298 g/mol. The Hall–Kier alpha value is -1.86. The molecular weight excluding hydrogens is 287 g/mol. The average Bonchev–Trinajstić information content (AvgIpc) is 2.34. The Kier molecular flexibility index (Phi) is 5.29. The molecule has 0 unspecified atom stereocenters. The molecule has 0 fully saturated rings. The van der Waals surface area contributed by atoms with Gasteiger partial charge in [-0.3, -0.25) is 4.79 Å². The molecular formula is C12H11F5O3. The first-order valence-electron chi connectivity index (χ1n) is 5.46. The summed E-state index contributed by atoms with van der Waals surface area (Å²) >= 11 is 0. The van der Waals surface area contributed by atoms with E-state index < -0.39 is 30.1 Å². The summed E-state index contributed by atoms with van der Waals surface area (Å²) in [5.74, 6) is -1.62. The summed E-state index contributed by atoms with van der Waals surface area (Å²) in [6, 6.07) is 2.89. The van der Waals surface area contributed by atoms with Gasteiger partial charge in [0.25, 0.3) is 0 Å². The van der Waals surface area contributed by atoms with Crippen LogP contribution in [-0.4, -0.2) is 19.7 Å². The molecule has 3 nitrogen and oxygen atoms in total. The number of aryl methyl sites for hydroxylation is 1. The molecule has 0 amide bonds. The van der Waals surface area contributed by atoms with E-state index in [1.807, 2.05) is 0 Å². The molecule has 0 saturated heterocycles. The molecule has 20 heavy (non-hydrogen) atoms. The molecule has 0 aromatic heterocycles. The zero-order chi connectivity index (χ0) is 15.3. The van der Waals surface area contributed by atoms with E-state index in [4.69, 9.17) is 0 Å². The SMILES string of the molecule is COC(=O)CCc1cccc(C(F)(F)F)c1OC(F)F. The molecule has 1 aromatic carbocycles. The number of rotatable bonds is 5. The third-order valence-electron chi connectivity index (χ3n) is 2.44. The quantitative estimate of drug-likeness (QED) is 0.617. The van der Waals surface area contributed by atoms with E-state index >= 15 is 0 Å². The minimum absolute atomic E-state index is 0.134. The summed E-state index contributed by atoms with van der Waals surface area (Å²) in [7, 11) is 1.12. The van der Waals surface area contributed by atoms with Gasteiger partial charge >= 0.3 is 18.8 Å². The van der Waals surface area contributed by atoms with Crippen molar-refractivity contribution in [2.45, 2.75) is 25.6 Å². The van der Waals surface area contributed by atoms with Crippen LogP contribution in [0.3, 0.4) is 0 Å². The van der Waals surface area contributed by atoms with Gasteiger partial charge in [0.2, 0.25) is 0 Å². The number of hydrogen-bond acceptors (Lipinski definition) is 3. The Morgan fingerprint density at radius 3 is 2.45 bits per heavy atom. The summed E-state index contributed by atoms with van der Waals surface area (Å²) in [6.45, 7) is -3.39. The molecule has 112 valence electrons. The van der Waals surface area contributed by atoms with Crippen molar-refractivity contribution in [2.24, 2.45) is 0 Å². The predicted octanol–water partition coefficient (Wildman–Crippen LogP) is 3.41. The van der Waals surface area contributed by atoms with Gasteiger partial charge in [-0.15, -0.1) is 0 Å². The van der Waals surface area contributed by atoms with Gasteiger partial charge in [-0.25, -0.2) is 0 Å². The van der Waals surface area contributed by atoms with Crippen LogP contribution in [0.4, 0.5) is 22.0 Å². The van der Waals surface area contributed by atoms with E-state index in [0.717, 1.165) is 13.2 Å². The molecule has 0 radical (unpaired) electrons. The van der Waals surface area contributed by atoms with Crippen molar-refractivity contribution in [1.82, 2.24) is 0 Å². The Morgan fingerprint density at radius 2 is 1.95 bits per heavy atom. The molecule has 0 aliphatic carbocycles. The number of alkyl halides is 5. The number of ether oxygens (including phenoxy) is 2. The maximum absolute atomic E-state index is 12.7. The van der Waals surface area contributed by atoms with Gasteiger partial charge in [0, 0.05) is 6.42 Å². The van der Waals surface area contributed by atoms with E-state index in [1.54, 1.807) is 0 Å². The fraction of sp³-hybridized carbons (Fsp3) is 0.417. The van der Waals surface area contributed by atoms with Crippen LogP contribution in [-0.2, 0) is 22.1 Å². The standard InChI is InChI=1S/C12H11F5O3/c1-19-9(18)6-5-7-3-2-4-8(12(15,16)17)10(7)20-11(13)14/h2-4,11H,5-6H2,1H3. The van der Waals surface area contributed by atoms with Crippen molar-refractivity contribution in [3.8, 4) is 5.75 Å². The first kappa shape index (κ1) is 16.2. The smallest absolute Gasteiger partial charge is 0.419 e. The lowest BCUT2D eigenvalue weighted by Gasteiger charge is -2.16. The highest BCUT2D eigenvalue weighted by molar-refractivity contribution is 5.69.